The second-order valence-electron chi connectivity index (χ2n) is 5.42. The lowest BCUT2D eigenvalue weighted by atomic mass is 9.65. The fourth-order valence-electron chi connectivity index (χ4n) is 2.96. The molecule has 0 heterocycles. The molecule has 1 aliphatic rings. The molecule has 0 amide bonds. The summed E-state index contributed by atoms with van der Waals surface area (Å²) in [6.45, 7) is 7.48. The summed E-state index contributed by atoms with van der Waals surface area (Å²) in [6.07, 6.45) is 3.44. The van der Waals surface area contributed by atoms with Gasteiger partial charge in [0, 0.05) is 12.1 Å². The van der Waals surface area contributed by atoms with Gasteiger partial charge in [0.2, 0.25) is 0 Å². The first-order valence-corrected chi connectivity index (χ1v) is 4.86. The van der Waals surface area contributed by atoms with Crippen LogP contribution < -0.4 is 11.5 Å². The summed E-state index contributed by atoms with van der Waals surface area (Å²) in [5.74, 6) is 0.724. The Kier molecular flexibility index (Phi) is 2.50. The summed E-state index contributed by atoms with van der Waals surface area (Å²) in [6, 6.07) is 0. The van der Waals surface area contributed by atoms with Crippen LogP contribution in [0.25, 0.3) is 0 Å². The van der Waals surface area contributed by atoms with Crippen molar-refractivity contribution < 1.29 is 0 Å². The average molecular weight is 170 g/mol. The SMILES string of the molecule is CC1CC(C)(C)CC(N)(CN)C1. The number of hydrogen-bond acceptors (Lipinski definition) is 2. The van der Waals surface area contributed by atoms with Crippen molar-refractivity contribution in [2.75, 3.05) is 6.54 Å². The van der Waals surface area contributed by atoms with E-state index in [0.29, 0.717) is 12.0 Å². The Morgan fingerprint density at radius 1 is 1.33 bits per heavy atom. The van der Waals surface area contributed by atoms with Crippen molar-refractivity contribution in [1.82, 2.24) is 0 Å². The Bertz CT molecular complexity index is 165. The maximum Gasteiger partial charge on any atom is 0.0286 e. The molecule has 2 heteroatoms. The molecule has 0 aromatic rings. The molecular formula is C10H22N2. The molecule has 2 nitrogen and oxygen atoms in total. The van der Waals surface area contributed by atoms with Crippen molar-refractivity contribution in [2.24, 2.45) is 22.8 Å². The Labute approximate surface area is 75.7 Å². The van der Waals surface area contributed by atoms with Crippen molar-refractivity contribution in [3.05, 3.63) is 0 Å². The molecule has 0 radical (unpaired) electrons. The number of nitrogens with two attached hydrogens (primary N) is 2. The Balaban J connectivity index is 2.70. The molecule has 0 spiro atoms. The van der Waals surface area contributed by atoms with Crippen molar-refractivity contribution in [2.45, 2.75) is 45.6 Å². The van der Waals surface area contributed by atoms with E-state index in [4.69, 9.17) is 11.5 Å². The quantitative estimate of drug-likeness (QED) is 0.626. The zero-order chi connectivity index (χ0) is 9.41. The molecule has 0 aromatic heterocycles. The van der Waals surface area contributed by atoms with Crippen LogP contribution in [-0.4, -0.2) is 12.1 Å². The summed E-state index contributed by atoms with van der Waals surface area (Å²) in [4.78, 5) is 0. The molecule has 1 aliphatic carbocycles. The maximum atomic E-state index is 6.20. The summed E-state index contributed by atoms with van der Waals surface area (Å²) in [5, 5.41) is 0. The van der Waals surface area contributed by atoms with Gasteiger partial charge in [-0.05, 0) is 30.6 Å². The minimum Gasteiger partial charge on any atom is -0.329 e. The zero-order valence-corrected chi connectivity index (χ0v) is 8.56. The largest absolute Gasteiger partial charge is 0.329 e. The summed E-state index contributed by atoms with van der Waals surface area (Å²) < 4.78 is 0. The van der Waals surface area contributed by atoms with E-state index >= 15 is 0 Å². The van der Waals surface area contributed by atoms with Crippen molar-refractivity contribution in [3.63, 3.8) is 0 Å². The lowest BCUT2D eigenvalue weighted by Gasteiger charge is -2.45. The van der Waals surface area contributed by atoms with Gasteiger partial charge in [0.15, 0.2) is 0 Å². The Hall–Kier alpha value is -0.0800. The van der Waals surface area contributed by atoms with Gasteiger partial charge < -0.3 is 11.5 Å². The molecule has 0 aliphatic heterocycles. The molecule has 0 saturated heterocycles. The van der Waals surface area contributed by atoms with Gasteiger partial charge in [-0.15, -0.1) is 0 Å². The highest BCUT2D eigenvalue weighted by Crippen LogP contribution is 2.42. The third-order valence-corrected chi connectivity index (χ3v) is 2.89. The van der Waals surface area contributed by atoms with E-state index < -0.39 is 0 Å². The summed E-state index contributed by atoms with van der Waals surface area (Å²) in [5.41, 5.74) is 12.2. The van der Waals surface area contributed by atoms with Gasteiger partial charge >= 0.3 is 0 Å². The molecule has 2 unspecified atom stereocenters. The molecule has 0 bridgehead atoms. The maximum absolute atomic E-state index is 6.20. The lowest BCUT2D eigenvalue weighted by Crippen LogP contribution is -2.54. The highest BCUT2D eigenvalue weighted by molar-refractivity contribution is 4.97. The molecule has 2 atom stereocenters. The minimum atomic E-state index is -0.0961. The Morgan fingerprint density at radius 3 is 2.33 bits per heavy atom. The van der Waals surface area contributed by atoms with Crippen LogP contribution in [0.3, 0.4) is 0 Å². The molecule has 0 aromatic carbocycles. The fourth-order valence-corrected chi connectivity index (χ4v) is 2.96. The van der Waals surface area contributed by atoms with Gasteiger partial charge in [0.25, 0.3) is 0 Å². The summed E-state index contributed by atoms with van der Waals surface area (Å²) in [7, 11) is 0. The predicted octanol–water partition coefficient (Wildman–Crippen LogP) is 1.49. The molecular weight excluding hydrogens is 148 g/mol. The van der Waals surface area contributed by atoms with E-state index in [1.54, 1.807) is 0 Å². The van der Waals surface area contributed by atoms with E-state index in [0.717, 1.165) is 18.8 Å². The van der Waals surface area contributed by atoms with Gasteiger partial charge in [-0.2, -0.15) is 0 Å². The van der Waals surface area contributed by atoms with Crippen molar-refractivity contribution in [3.8, 4) is 0 Å². The third kappa shape index (κ3) is 2.20. The summed E-state index contributed by atoms with van der Waals surface area (Å²) >= 11 is 0. The van der Waals surface area contributed by atoms with Gasteiger partial charge in [-0.3, -0.25) is 0 Å². The van der Waals surface area contributed by atoms with Crippen LogP contribution in [-0.2, 0) is 0 Å². The van der Waals surface area contributed by atoms with Crippen LogP contribution in [0.2, 0.25) is 0 Å². The van der Waals surface area contributed by atoms with E-state index in [-0.39, 0.29) is 5.54 Å². The van der Waals surface area contributed by atoms with Crippen LogP contribution in [0.5, 0.6) is 0 Å². The standard InChI is InChI=1S/C10H22N2/c1-8-4-9(2,3)6-10(12,5-8)7-11/h8H,4-7,11-12H2,1-3H3. The first kappa shape index (κ1) is 10.0. The Morgan fingerprint density at radius 2 is 1.92 bits per heavy atom. The van der Waals surface area contributed by atoms with Crippen LogP contribution in [0.4, 0.5) is 0 Å². The normalized spacial score (nSPS) is 41.2. The van der Waals surface area contributed by atoms with E-state index in [9.17, 15) is 0 Å². The number of hydrogen-bond donors (Lipinski definition) is 2. The minimum absolute atomic E-state index is 0.0961. The van der Waals surface area contributed by atoms with Gasteiger partial charge in [-0.25, -0.2) is 0 Å². The molecule has 72 valence electrons. The van der Waals surface area contributed by atoms with Gasteiger partial charge in [0.1, 0.15) is 0 Å². The predicted molar refractivity (Wildman–Crippen MR) is 52.8 cm³/mol. The smallest absolute Gasteiger partial charge is 0.0286 e. The third-order valence-electron chi connectivity index (χ3n) is 2.89. The second-order valence-corrected chi connectivity index (χ2v) is 5.42. The van der Waals surface area contributed by atoms with Crippen LogP contribution in [0.15, 0.2) is 0 Å². The molecule has 12 heavy (non-hydrogen) atoms. The highest BCUT2D eigenvalue weighted by Gasteiger charge is 2.39. The zero-order valence-electron chi connectivity index (χ0n) is 8.56. The lowest BCUT2D eigenvalue weighted by molar-refractivity contribution is 0.113. The van der Waals surface area contributed by atoms with E-state index in [1.165, 1.54) is 6.42 Å². The fraction of sp³-hybridized carbons (Fsp3) is 1.00. The molecule has 1 rings (SSSR count). The first-order chi connectivity index (χ1) is 5.37. The first-order valence-electron chi connectivity index (χ1n) is 4.86. The highest BCUT2D eigenvalue weighted by atomic mass is 14.8. The molecule has 1 saturated carbocycles. The molecule has 4 N–H and O–H groups in total. The number of rotatable bonds is 1. The van der Waals surface area contributed by atoms with Crippen LogP contribution in [0, 0.1) is 11.3 Å². The second kappa shape index (κ2) is 3.00. The van der Waals surface area contributed by atoms with Gasteiger partial charge in [0.05, 0.1) is 0 Å². The topological polar surface area (TPSA) is 52.0 Å². The monoisotopic (exact) mass is 170 g/mol. The van der Waals surface area contributed by atoms with Crippen molar-refractivity contribution in [1.29, 1.82) is 0 Å². The van der Waals surface area contributed by atoms with Crippen molar-refractivity contribution >= 4 is 0 Å². The van der Waals surface area contributed by atoms with Gasteiger partial charge in [-0.1, -0.05) is 20.8 Å². The van der Waals surface area contributed by atoms with Crippen LogP contribution >= 0.6 is 0 Å². The van der Waals surface area contributed by atoms with E-state index in [1.807, 2.05) is 0 Å². The van der Waals surface area contributed by atoms with Crippen LogP contribution in [0.1, 0.15) is 40.0 Å². The molecule has 1 fully saturated rings. The average Bonchev–Trinajstić information content (AvgIpc) is 1.82. The van der Waals surface area contributed by atoms with E-state index in [2.05, 4.69) is 20.8 Å².